The molecule has 2 rings (SSSR count). The zero-order valence-corrected chi connectivity index (χ0v) is 19.2. The van der Waals surface area contributed by atoms with Crippen molar-refractivity contribution >= 4 is 15.9 Å². The van der Waals surface area contributed by atoms with Crippen molar-refractivity contribution in [2.45, 2.75) is 50.1 Å². The monoisotopic (exact) mass is 530 g/mol. The van der Waals surface area contributed by atoms with Crippen molar-refractivity contribution in [1.82, 2.24) is 0 Å². The lowest BCUT2D eigenvalue weighted by molar-refractivity contribution is -0.375. The van der Waals surface area contributed by atoms with Crippen LogP contribution in [0.4, 0.5) is 26.3 Å². The molecule has 1 unspecified atom stereocenters. The standard InChI is InChI=1S/C22H25BrF6O3/c1-3-15-13-17(20(21(24,25)26,22(27,28)29)32-14-30-2)7-10-19(15)16-5-8-18(9-6-16)31-12-4-11-23/h5-9,13,19H,3-4,10-12,14H2,1-2H3. The quantitative estimate of drug-likeness (QED) is 0.140. The van der Waals surface area contributed by atoms with E-state index in [4.69, 9.17) is 4.74 Å². The van der Waals surface area contributed by atoms with Crippen molar-refractivity contribution in [3.8, 4) is 5.75 Å². The molecule has 0 N–H and O–H groups in total. The summed E-state index contributed by atoms with van der Waals surface area (Å²) in [6, 6.07) is 7.04. The van der Waals surface area contributed by atoms with Crippen molar-refractivity contribution in [1.29, 1.82) is 0 Å². The average Bonchev–Trinajstić information content (AvgIpc) is 2.73. The van der Waals surface area contributed by atoms with Gasteiger partial charge in [0.05, 0.1) is 6.61 Å². The zero-order valence-electron chi connectivity index (χ0n) is 17.7. The zero-order chi connectivity index (χ0) is 24.0. The minimum absolute atomic E-state index is 0.0248. The molecule has 0 bridgehead atoms. The first-order valence-corrected chi connectivity index (χ1v) is 11.1. The lowest BCUT2D eigenvalue weighted by Gasteiger charge is -2.39. The van der Waals surface area contributed by atoms with E-state index in [0.29, 0.717) is 17.9 Å². The molecule has 0 saturated carbocycles. The molecule has 1 aliphatic rings. The molecule has 1 aromatic carbocycles. The van der Waals surface area contributed by atoms with Gasteiger partial charge in [0.15, 0.2) is 0 Å². The molecule has 32 heavy (non-hydrogen) atoms. The Morgan fingerprint density at radius 3 is 2.16 bits per heavy atom. The predicted molar refractivity (Wildman–Crippen MR) is 112 cm³/mol. The van der Waals surface area contributed by atoms with Crippen molar-refractivity contribution < 1.29 is 40.6 Å². The van der Waals surface area contributed by atoms with Crippen LogP contribution in [0.5, 0.6) is 5.75 Å². The summed E-state index contributed by atoms with van der Waals surface area (Å²) in [5, 5.41) is 0.803. The van der Waals surface area contributed by atoms with Crippen molar-refractivity contribution in [2.24, 2.45) is 0 Å². The first-order chi connectivity index (χ1) is 15.0. The molecule has 0 spiro atoms. The third-order valence-electron chi connectivity index (χ3n) is 5.20. The maximum atomic E-state index is 13.8. The van der Waals surface area contributed by atoms with Gasteiger partial charge in [-0.1, -0.05) is 52.7 Å². The van der Waals surface area contributed by atoms with E-state index in [1.54, 1.807) is 31.2 Å². The fraction of sp³-hybridized carbons (Fsp3) is 0.545. The minimum atomic E-state index is -5.73. The van der Waals surface area contributed by atoms with Crippen LogP contribution in [-0.2, 0) is 9.47 Å². The predicted octanol–water partition coefficient (Wildman–Crippen LogP) is 7.08. The van der Waals surface area contributed by atoms with Crippen molar-refractivity contribution in [3.05, 3.63) is 53.1 Å². The van der Waals surface area contributed by atoms with Crippen LogP contribution >= 0.6 is 15.9 Å². The van der Waals surface area contributed by atoms with E-state index in [9.17, 15) is 26.3 Å². The van der Waals surface area contributed by atoms with Crippen LogP contribution in [0.1, 0.15) is 37.7 Å². The molecule has 0 saturated heterocycles. The molecule has 1 aromatic rings. The van der Waals surface area contributed by atoms with Gasteiger partial charge in [0, 0.05) is 18.4 Å². The number of alkyl halides is 7. The fourth-order valence-corrected chi connectivity index (χ4v) is 3.85. The van der Waals surface area contributed by atoms with Crippen LogP contribution < -0.4 is 4.74 Å². The van der Waals surface area contributed by atoms with E-state index < -0.39 is 30.3 Å². The van der Waals surface area contributed by atoms with Crippen LogP contribution in [0.25, 0.3) is 0 Å². The maximum Gasteiger partial charge on any atom is 0.430 e. The van der Waals surface area contributed by atoms with Gasteiger partial charge in [-0.15, -0.1) is 0 Å². The van der Waals surface area contributed by atoms with Gasteiger partial charge in [0.1, 0.15) is 12.5 Å². The van der Waals surface area contributed by atoms with E-state index in [-0.39, 0.29) is 18.8 Å². The average molecular weight is 531 g/mol. The highest BCUT2D eigenvalue weighted by Gasteiger charge is 2.74. The Labute approximate surface area is 191 Å². The van der Waals surface area contributed by atoms with Crippen LogP contribution in [-0.4, -0.2) is 43.8 Å². The van der Waals surface area contributed by atoms with E-state index in [0.717, 1.165) is 36.6 Å². The molecular weight excluding hydrogens is 506 g/mol. The van der Waals surface area contributed by atoms with E-state index in [1.165, 1.54) is 0 Å². The Bertz CT molecular complexity index is 785. The molecule has 0 aliphatic heterocycles. The third kappa shape index (κ3) is 5.69. The van der Waals surface area contributed by atoms with Gasteiger partial charge in [-0.05, 0) is 42.5 Å². The van der Waals surface area contributed by atoms with Gasteiger partial charge in [-0.25, -0.2) is 0 Å². The highest BCUT2D eigenvalue weighted by Crippen LogP contribution is 2.53. The van der Waals surface area contributed by atoms with Gasteiger partial charge < -0.3 is 14.2 Å². The summed E-state index contributed by atoms with van der Waals surface area (Å²) in [6.07, 6.45) is -8.46. The van der Waals surface area contributed by atoms with E-state index in [1.807, 2.05) is 0 Å². The number of hydrogen-bond acceptors (Lipinski definition) is 3. The molecule has 3 nitrogen and oxygen atoms in total. The van der Waals surface area contributed by atoms with E-state index >= 15 is 0 Å². The van der Waals surface area contributed by atoms with Gasteiger partial charge in [0.2, 0.25) is 0 Å². The largest absolute Gasteiger partial charge is 0.494 e. The molecule has 0 fully saturated rings. The first-order valence-electron chi connectivity index (χ1n) is 9.98. The van der Waals surface area contributed by atoms with Crippen molar-refractivity contribution in [3.63, 3.8) is 0 Å². The van der Waals surface area contributed by atoms with Gasteiger partial charge in [-0.3, -0.25) is 0 Å². The Balaban J connectivity index is 2.38. The number of benzene rings is 1. The summed E-state index contributed by atoms with van der Waals surface area (Å²) in [5.74, 6) is 0.298. The molecule has 0 radical (unpaired) electrons. The molecule has 1 atom stereocenters. The Morgan fingerprint density at radius 2 is 1.66 bits per heavy atom. The lowest BCUT2D eigenvalue weighted by Crippen LogP contribution is -2.60. The SMILES string of the molecule is CCC1=CC(C(OCOC)(C(F)(F)F)C(F)(F)F)=CCC1c1ccc(OCCCBr)cc1. The van der Waals surface area contributed by atoms with Crippen LogP contribution in [0.3, 0.4) is 0 Å². The molecule has 0 amide bonds. The van der Waals surface area contributed by atoms with Crippen molar-refractivity contribution in [2.75, 3.05) is 25.8 Å². The number of allylic oxidation sites excluding steroid dienone is 2. The smallest absolute Gasteiger partial charge is 0.430 e. The highest BCUT2D eigenvalue weighted by molar-refractivity contribution is 9.09. The number of ether oxygens (including phenoxy) is 3. The molecular formula is C22H25BrF6O3. The molecule has 180 valence electrons. The molecule has 10 heteroatoms. The molecule has 0 aromatic heterocycles. The Hall–Kier alpha value is -1.52. The molecule has 1 aliphatic carbocycles. The van der Waals surface area contributed by atoms with Crippen LogP contribution in [0.2, 0.25) is 0 Å². The maximum absolute atomic E-state index is 13.8. The second kappa shape index (κ2) is 11.1. The number of hydrogen-bond donors (Lipinski definition) is 0. The summed E-state index contributed by atoms with van der Waals surface area (Å²) in [7, 11) is 0.962. The van der Waals surface area contributed by atoms with E-state index in [2.05, 4.69) is 25.4 Å². The summed E-state index contributed by atoms with van der Waals surface area (Å²) < 4.78 is 97.2. The second-order valence-electron chi connectivity index (χ2n) is 7.21. The third-order valence-corrected chi connectivity index (χ3v) is 5.76. The van der Waals surface area contributed by atoms with Crippen LogP contribution in [0.15, 0.2) is 47.6 Å². The van der Waals surface area contributed by atoms with Gasteiger partial charge in [0.25, 0.3) is 5.60 Å². The highest BCUT2D eigenvalue weighted by atomic mass is 79.9. The topological polar surface area (TPSA) is 27.7 Å². The summed E-state index contributed by atoms with van der Waals surface area (Å²) in [5.41, 5.74) is -4.20. The first kappa shape index (κ1) is 26.7. The Morgan fingerprint density at radius 1 is 1.03 bits per heavy atom. The van der Waals surface area contributed by atoms with Gasteiger partial charge >= 0.3 is 12.4 Å². The second-order valence-corrected chi connectivity index (χ2v) is 8.00. The normalized spacial score (nSPS) is 17.7. The minimum Gasteiger partial charge on any atom is -0.494 e. The lowest BCUT2D eigenvalue weighted by atomic mass is 9.77. The van der Waals surface area contributed by atoms with Gasteiger partial charge in [-0.2, -0.15) is 26.3 Å². The summed E-state index contributed by atoms with van der Waals surface area (Å²) in [4.78, 5) is 0. The summed E-state index contributed by atoms with van der Waals surface area (Å²) >= 11 is 3.31. The summed E-state index contributed by atoms with van der Waals surface area (Å²) in [6.45, 7) is 1.06. The number of rotatable bonds is 10. The fourth-order valence-electron chi connectivity index (χ4n) is 3.62. The number of halogens is 7. The number of methoxy groups -OCH3 is 1. The Kier molecular flexibility index (Phi) is 9.25. The molecule has 0 heterocycles. The van der Waals surface area contributed by atoms with Crippen LogP contribution in [0, 0.1) is 0 Å².